The number of nitrogens with one attached hydrogen (secondary N) is 1. The number of rotatable bonds is 4. The highest BCUT2D eigenvalue weighted by Crippen LogP contribution is 2.29. The molecule has 0 bridgehead atoms. The first-order valence-electron chi connectivity index (χ1n) is 5.89. The molecule has 1 atom stereocenters. The summed E-state index contributed by atoms with van der Waals surface area (Å²) in [6, 6.07) is 3.44. The topological polar surface area (TPSA) is 86.7 Å². The molecule has 0 fully saturated rings. The molecule has 6 N–H and O–H groups in total. The van der Waals surface area contributed by atoms with Crippen LogP contribution in [0.25, 0.3) is 5.70 Å². The van der Waals surface area contributed by atoms with E-state index in [9.17, 15) is 18.3 Å². The lowest BCUT2D eigenvalue weighted by molar-refractivity contribution is -0.532. The number of benzene rings is 1. The van der Waals surface area contributed by atoms with E-state index >= 15 is 0 Å². The van der Waals surface area contributed by atoms with Crippen molar-refractivity contribution in [2.45, 2.75) is 19.1 Å². The summed E-state index contributed by atoms with van der Waals surface area (Å²) in [6.45, 7) is 1.45. The van der Waals surface area contributed by atoms with Crippen molar-refractivity contribution in [3.8, 4) is 0 Å². The molecule has 0 aliphatic carbocycles. The van der Waals surface area contributed by atoms with Crippen molar-refractivity contribution in [3.63, 3.8) is 0 Å². The number of alkyl halides is 3. The largest absolute Gasteiger partial charge is 0.505 e. The smallest absolute Gasteiger partial charge is 0.416 e. The van der Waals surface area contributed by atoms with Crippen LogP contribution in [-0.4, -0.2) is 23.9 Å². The Labute approximate surface area is 114 Å². The molecular formula is C13H17F3N3O+. The van der Waals surface area contributed by atoms with Gasteiger partial charge in [0, 0.05) is 11.3 Å². The molecule has 20 heavy (non-hydrogen) atoms. The fourth-order valence-electron chi connectivity index (χ4n) is 1.67. The summed E-state index contributed by atoms with van der Waals surface area (Å²) in [4.78, 5) is 0. The van der Waals surface area contributed by atoms with Crippen LogP contribution in [0.2, 0.25) is 0 Å². The summed E-state index contributed by atoms with van der Waals surface area (Å²) in [5.41, 5.74) is 5.67. The van der Waals surface area contributed by atoms with Crippen molar-refractivity contribution in [1.82, 2.24) is 0 Å². The Morgan fingerprint density at radius 1 is 1.30 bits per heavy atom. The molecule has 0 aliphatic heterocycles. The van der Waals surface area contributed by atoms with Crippen molar-refractivity contribution in [3.05, 3.63) is 41.2 Å². The Morgan fingerprint density at radius 3 is 2.15 bits per heavy atom. The highest BCUT2D eigenvalue weighted by molar-refractivity contribution is 5.88. The molecule has 0 heterocycles. The number of quaternary nitrogens is 1. The van der Waals surface area contributed by atoms with Gasteiger partial charge in [-0.25, -0.2) is 0 Å². The number of halogens is 3. The maximum absolute atomic E-state index is 12.5. The van der Waals surface area contributed by atoms with Crippen LogP contribution in [0.3, 0.4) is 0 Å². The van der Waals surface area contributed by atoms with E-state index in [2.05, 4.69) is 0 Å². The van der Waals surface area contributed by atoms with Crippen LogP contribution < -0.4 is 11.1 Å². The monoisotopic (exact) mass is 288 g/mol. The summed E-state index contributed by atoms with van der Waals surface area (Å²) in [5.74, 6) is -0.236. The second kappa shape index (κ2) is 6.06. The third-order valence-electron chi connectivity index (χ3n) is 2.85. The van der Waals surface area contributed by atoms with Gasteiger partial charge in [-0.3, -0.25) is 0 Å². The van der Waals surface area contributed by atoms with Gasteiger partial charge in [-0.1, -0.05) is 0 Å². The van der Waals surface area contributed by atoms with Crippen molar-refractivity contribution in [2.24, 2.45) is 5.73 Å². The first-order valence-corrected chi connectivity index (χ1v) is 5.89. The average molecular weight is 288 g/mol. The molecule has 0 radical (unpaired) electrons. The minimum atomic E-state index is -4.40. The van der Waals surface area contributed by atoms with E-state index in [1.165, 1.54) is 19.1 Å². The van der Waals surface area contributed by atoms with E-state index in [-0.39, 0.29) is 11.5 Å². The van der Waals surface area contributed by atoms with Gasteiger partial charge >= 0.3 is 6.18 Å². The lowest BCUT2D eigenvalue weighted by Gasteiger charge is -2.13. The highest BCUT2D eigenvalue weighted by atomic mass is 19.4. The molecular weight excluding hydrogens is 271 g/mol. The number of aliphatic hydroxyl groups excluding tert-OH is 1. The van der Waals surface area contributed by atoms with Crippen LogP contribution in [0.5, 0.6) is 0 Å². The van der Waals surface area contributed by atoms with Gasteiger partial charge < -0.3 is 21.6 Å². The van der Waals surface area contributed by atoms with E-state index in [0.717, 1.165) is 12.1 Å². The fourth-order valence-corrected chi connectivity index (χ4v) is 1.67. The van der Waals surface area contributed by atoms with Crippen molar-refractivity contribution in [1.29, 1.82) is 5.41 Å². The molecule has 1 rings (SSSR count). The summed E-state index contributed by atoms with van der Waals surface area (Å²) in [5, 5.41) is 18.9. The van der Waals surface area contributed by atoms with Gasteiger partial charge in [-0.2, -0.15) is 13.2 Å². The lowest BCUT2D eigenvalue weighted by atomic mass is 10.0. The van der Waals surface area contributed by atoms with E-state index in [1.54, 1.807) is 12.4 Å². The molecule has 7 heteroatoms. The summed E-state index contributed by atoms with van der Waals surface area (Å²) >= 11 is 0. The predicted molar refractivity (Wildman–Crippen MR) is 70.2 cm³/mol. The highest BCUT2D eigenvalue weighted by Gasteiger charge is 2.30. The van der Waals surface area contributed by atoms with Gasteiger partial charge in [0.05, 0.1) is 12.6 Å². The van der Waals surface area contributed by atoms with Crippen LogP contribution in [0, 0.1) is 5.41 Å². The van der Waals surface area contributed by atoms with E-state index < -0.39 is 17.8 Å². The summed E-state index contributed by atoms with van der Waals surface area (Å²) in [7, 11) is 1.63. The minimum Gasteiger partial charge on any atom is -0.505 e. The van der Waals surface area contributed by atoms with Gasteiger partial charge in [-0.15, -0.1) is 0 Å². The third-order valence-corrected chi connectivity index (χ3v) is 2.85. The Balaban J connectivity index is 3.20. The van der Waals surface area contributed by atoms with Gasteiger partial charge in [-0.05, 0) is 31.2 Å². The maximum atomic E-state index is 12.5. The van der Waals surface area contributed by atoms with Crippen LogP contribution >= 0.6 is 0 Å². The number of hydrogen-bond donors (Lipinski definition) is 4. The molecule has 1 aromatic rings. The molecule has 4 nitrogen and oxygen atoms in total. The molecule has 0 amide bonds. The molecule has 110 valence electrons. The zero-order chi connectivity index (χ0) is 15.5. The standard InChI is InChI=1S/C13H16F3N3O/c1-7(17)10(18)12(20)11(19-2)8-3-5-9(6-4-8)13(14,15)16/h3-6,10,17,19-20H,18H2,1-2H3/p+1. The summed E-state index contributed by atoms with van der Waals surface area (Å²) < 4.78 is 37.4. The molecule has 0 aromatic heterocycles. The minimum absolute atomic E-state index is 0.0637. The third kappa shape index (κ3) is 3.58. The fraction of sp³-hybridized carbons (Fsp3) is 0.308. The normalized spacial score (nSPS) is 14.7. The van der Waals surface area contributed by atoms with E-state index in [4.69, 9.17) is 11.1 Å². The van der Waals surface area contributed by atoms with Crippen LogP contribution in [0.4, 0.5) is 13.2 Å². The first kappa shape index (κ1) is 16.2. The molecule has 0 aliphatic rings. The second-order valence-electron chi connectivity index (χ2n) is 4.32. The van der Waals surface area contributed by atoms with Crippen molar-refractivity contribution < 1.29 is 23.6 Å². The van der Waals surface area contributed by atoms with Crippen LogP contribution in [0.15, 0.2) is 30.0 Å². The van der Waals surface area contributed by atoms with Crippen LogP contribution in [0.1, 0.15) is 18.1 Å². The molecule has 0 saturated carbocycles. The zero-order valence-electron chi connectivity index (χ0n) is 11.1. The van der Waals surface area contributed by atoms with E-state index in [0.29, 0.717) is 11.3 Å². The SMILES string of the molecule is C[NH2+]C(=C(O)C(N)C(C)=N)c1ccc(C(F)(F)F)cc1. The Morgan fingerprint density at radius 2 is 1.80 bits per heavy atom. The van der Waals surface area contributed by atoms with Crippen molar-refractivity contribution in [2.75, 3.05) is 7.05 Å². The van der Waals surface area contributed by atoms with Gasteiger partial charge in [0.15, 0.2) is 11.5 Å². The predicted octanol–water partition coefficient (Wildman–Crippen LogP) is 1.49. The number of aliphatic hydroxyl groups is 1. The van der Waals surface area contributed by atoms with Gasteiger partial charge in [0.1, 0.15) is 6.04 Å². The average Bonchev–Trinajstić information content (AvgIpc) is 2.38. The number of nitrogens with two attached hydrogens (primary N) is 2. The maximum Gasteiger partial charge on any atom is 0.416 e. The quantitative estimate of drug-likeness (QED) is 0.500. The molecule has 1 unspecified atom stereocenters. The summed E-state index contributed by atoms with van der Waals surface area (Å²) in [6.07, 6.45) is -4.40. The Kier molecular flexibility index (Phi) is 4.91. The Bertz CT molecular complexity index is 521. The molecule has 0 saturated heterocycles. The lowest BCUT2D eigenvalue weighted by Crippen LogP contribution is -2.77. The van der Waals surface area contributed by atoms with E-state index in [1.807, 2.05) is 0 Å². The number of hydrogen-bond acceptors (Lipinski definition) is 3. The Hall–Kier alpha value is -1.86. The second-order valence-corrected chi connectivity index (χ2v) is 4.32. The molecule has 1 aromatic carbocycles. The van der Waals surface area contributed by atoms with Gasteiger partial charge in [0.2, 0.25) is 0 Å². The molecule has 0 spiro atoms. The first-order chi connectivity index (χ1) is 9.18. The van der Waals surface area contributed by atoms with Crippen molar-refractivity contribution >= 4 is 11.4 Å². The zero-order valence-corrected chi connectivity index (χ0v) is 11.1. The van der Waals surface area contributed by atoms with Gasteiger partial charge in [0.25, 0.3) is 0 Å². The van der Waals surface area contributed by atoms with Crippen LogP contribution in [-0.2, 0) is 6.18 Å².